The molecule has 0 aliphatic heterocycles. The zero-order valence-corrected chi connectivity index (χ0v) is 12.9. The quantitative estimate of drug-likeness (QED) is 0.340. The Morgan fingerprint density at radius 3 is 1.50 bits per heavy atom. The summed E-state index contributed by atoms with van der Waals surface area (Å²) >= 11 is 0. The summed E-state index contributed by atoms with van der Waals surface area (Å²) in [6.45, 7) is 6.36. The van der Waals surface area contributed by atoms with E-state index in [1.165, 1.54) is 70.6 Å². The van der Waals surface area contributed by atoms with Gasteiger partial charge in [0.25, 0.3) is 0 Å². The van der Waals surface area contributed by atoms with E-state index in [4.69, 9.17) is 5.21 Å². The lowest BCUT2D eigenvalue weighted by molar-refractivity contribution is 0.0749. The molecule has 0 aromatic carbocycles. The standard InChI is InChI=1S/C16H35NO/c1-4-5-6-7-8-9-10-11-12-13-14-15-16(2,3)17-18/h17-18H,4-15H2,1-3H3. The summed E-state index contributed by atoms with van der Waals surface area (Å²) < 4.78 is 0. The van der Waals surface area contributed by atoms with E-state index in [0.717, 1.165) is 6.42 Å². The zero-order valence-electron chi connectivity index (χ0n) is 12.9. The molecule has 0 rings (SSSR count). The molecule has 0 saturated heterocycles. The average molecular weight is 257 g/mol. The van der Waals surface area contributed by atoms with Gasteiger partial charge in [0.2, 0.25) is 0 Å². The Labute approximate surface area is 115 Å². The van der Waals surface area contributed by atoms with E-state index < -0.39 is 0 Å². The third-order valence-corrected chi connectivity index (χ3v) is 3.71. The lowest BCUT2D eigenvalue weighted by atomic mass is 9.97. The number of hydrogen-bond acceptors (Lipinski definition) is 2. The van der Waals surface area contributed by atoms with Crippen molar-refractivity contribution in [3.05, 3.63) is 0 Å². The summed E-state index contributed by atoms with van der Waals surface area (Å²) in [7, 11) is 0. The van der Waals surface area contributed by atoms with Crippen molar-refractivity contribution in [3.63, 3.8) is 0 Å². The minimum atomic E-state index is -0.112. The van der Waals surface area contributed by atoms with Gasteiger partial charge in [-0.25, -0.2) is 5.48 Å². The van der Waals surface area contributed by atoms with Crippen molar-refractivity contribution in [2.24, 2.45) is 0 Å². The summed E-state index contributed by atoms with van der Waals surface area (Å²) in [5.41, 5.74) is 2.27. The topological polar surface area (TPSA) is 32.3 Å². The molecule has 0 aliphatic carbocycles. The van der Waals surface area contributed by atoms with Crippen molar-refractivity contribution in [2.75, 3.05) is 0 Å². The van der Waals surface area contributed by atoms with E-state index in [2.05, 4.69) is 12.4 Å². The van der Waals surface area contributed by atoms with Crippen molar-refractivity contribution in [1.29, 1.82) is 0 Å². The molecule has 0 spiro atoms. The molecule has 2 nitrogen and oxygen atoms in total. The van der Waals surface area contributed by atoms with Crippen LogP contribution in [0.15, 0.2) is 0 Å². The first kappa shape index (κ1) is 17.9. The van der Waals surface area contributed by atoms with Crippen molar-refractivity contribution in [1.82, 2.24) is 5.48 Å². The monoisotopic (exact) mass is 257 g/mol. The van der Waals surface area contributed by atoms with Crippen LogP contribution in [0, 0.1) is 0 Å². The molecule has 0 amide bonds. The molecule has 0 aromatic heterocycles. The maximum absolute atomic E-state index is 8.91. The van der Waals surface area contributed by atoms with Crippen LogP contribution in [0.5, 0.6) is 0 Å². The van der Waals surface area contributed by atoms with Gasteiger partial charge in [0, 0.05) is 5.54 Å². The van der Waals surface area contributed by atoms with Gasteiger partial charge in [-0.3, -0.25) is 0 Å². The first-order chi connectivity index (χ1) is 8.62. The fraction of sp³-hybridized carbons (Fsp3) is 1.00. The fourth-order valence-electron chi connectivity index (χ4n) is 2.29. The van der Waals surface area contributed by atoms with E-state index in [9.17, 15) is 0 Å². The molecule has 0 saturated carbocycles. The largest absolute Gasteiger partial charge is 0.316 e. The van der Waals surface area contributed by atoms with Gasteiger partial charge >= 0.3 is 0 Å². The predicted molar refractivity (Wildman–Crippen MR) is 80.1 cm³/mol. The van der Waals surface area contributed by atoms with Gasteiger partial charge in [-0.05, 0) is 20.3 Å². The third kappa shape index (κ3) is 12.4. The van der Waals surface area contributed by atoms with E-state index in [1.807, 2.05) is 13.8 Å². The number of hydrogen-bond donors (Lipinski definition) is 2. The molecular formula is C16H35NO. The number of hydroxylamine groups is 1. The Morgan fingerprint density at radius 1 is 0.722 bits per heavy atom. The molecule has 0 radical (unpaired) electrons. The minimum absolute atomic E-state index is 0.112. The third-order valence-electron chi connectivity index (χ3n) is 3.71. The second-order valence-corrected chi connectivity index (χ2v) is 6.28. The van der Waals surface area contributed by atoms with Gasteiger partial charge in [0.05, 0.1) is 0 Å². The highest BCUT2D eigenvalue weighted by Crippen LogP contribution is 2.15. The van der Waals surface area contributed by atoms with Crippen LogP contribution in [0.3, 0.4) is 0 Å². The second-order valence-electron chi connectivity index (χ2n) is 6.28. The van der Waals surface area contributed by atoms with E-state index in [1.54, 1.807) is 0 Å². The minimum Gasteiger partial charge on any atom is -0.316 e. The summed E-state index contributed by atoms with van der Waals surface area (Å²) in [6.07, 6.45) is 16.2. The van der Waals surface area contributed by atoms with E-state index >= 15 is 0 Å². The van der Waals surface area contributed by atoms with Crippen LogP contribution in [-0.4, -0.2) is 10.7 Å². The van der Waals surface area contributed by atoms with Gasteiger partial charge in [0.1, 0.15) is 0 Å². The molecule has 0 aliphatic rings. The average Bonchev–Trinajstić information content (AvgIpc) is 2.36. The van der Waals surface area contributed by atoms with Gasteiger partial charge in [-0.2, -0.15) is 0 Å². The highest BCUT2D eigenvalue weighted by molar-refractivity contribution is 4.72. The molecule has 0 aromatic rings. The Kier molecular flexibility index (Phi) is 11.9. The molecule has 0 atom stereocenters. The Bertz CT molecular complexity index is 168. The normalized spacial score (nSPS) is 12.0. The first-order valence-electron chi connectivity index (χ1n) is 8.03. The van der Waals surface area contributed by atoms with Crippen LogP contribution in [0.4, 0.5) is 0 Å². The van der Waals surface area contributed by atoms with Crippen LogP contribution in [-0.2, 0) is 0 Å². The molecule has 110 valence electrons. The highest BCUT2D eigenvalue weighted by atomic mass is 16.5. The van der Waals surface area contributed by atoms with E-state index in [0.29, 0.717) is 0 Å². The molecule has 18 heavy (non-hydrogen) atoms. The molecule has 0 heterocycles. The van der Waals surface area contributed by atoms with Crippen molar-refractivity contribution in [3.8, 4) is 0 Å². The van der Waals surface area contributed by atoms with Crippen molar-refractivity contribution >= 4 is 0 Å². The van der Waals surface area contributed by atoms with Crippen LogP contribution in [0.2, 0.25) is 0 Å². The summed E-state index contributed by atoms with van der Waals surface area (Å²) in [4.78, 5) is 0. The van der Waals surface area contributed by atoms with Gasteiger partial charge in [-0.1, -0.05) is 77.6 Å². The molecule has 0 fully saturated rings. The zero-order chi connectivity index (χ0) is 13.7. The predicted octanol–water partition coefficient (Wildman–Crippen LogP) is 5.44. The molecular weight excluding hydrogens is 222 g/mol. The Morgan fingerprint density at radius 2 is 1.11 bits per heavy atom. The van der Waals surface area contributed by atoms with Gasteiger partial charge in [-0.15, -0.1) is 0 Å². The maximum atomic E-state index is 8.91. The van der Waals surface area contributed by atoms with Crippen LogP contribution in [0.1, 0.15) is 97.8 Å². The first-order valence-corrected chi connectivity index (χ1v) is 8.03. The van der Waals surface area contributed by atoms with Crippen LogP contribution >= 0.6 is 0 Å². The maximum Gasteiger partial charge on any atom is 0.0373 e. The van der Waals surface area contributed by atoms with Crippen LogP contribution < -0.4 is 5.48 Å². The number of rotatable bonds is 13. The van der Waals surface area contributed by atoms with Crippen molar-refractivity contribution < 1.29 is 5.21 Å². The molecule has 0 bridgehead atoms. The summed E-state index contributed by atoms with van der Waals surface area (Å²) in [6, 6.07) is 0. The van der Waals surface area contributed by atoms with Crippen LogP contribution in [0.25, 0.3) is 0 Å². The van der Waals surface area contributed by atoms with Gasteiger partial charge in [0.15, 0.2) is 0 Å². The van der Waals surface area contributed by atoms with Gasteiger partial charge < -0.3 is 5.21 Å². The number of unbranched alkanes of at least 4 members (excludes halogenated alkanes) is 10. The number of nitrogens with one attached hydrogen (secondary N) is 1. The Hall–Kier alpha value is -0.0800. The smallest absolute Gasteiger partial charge is 0.0373 e. The summed E-state index contributed by atoms with van der Waals surface area (Å²) in [5, 5.41) is 8.91. The highest BCUT2D eigenvalue weighted by Gasteiger charge is 2.14. The lowest BCUT2D eigenvalue weighted by Gasteiger charge is -2.21. The Balaban J connectivity index is 3.08. The second kappa shape index (κ2) is 12.0. The lowest BCUT2D eigenvalue weighted by Crippen LogP contribution is -2.36. The molecule has 2 N–H and O–H groups in total. The van der Waals surface area contributed by atoms with E-state index in [-0.39, 0.29) is 5.54 Å². The fourth-order valence-corrected chi connectivity index (χ4v) is 2.29. The SMILES string of the molecule is CCCCCCCCCCCCCC(C)(C)NO. The molecule has 2 heteroatoms. The summed E-state index contributed by atoms with van der Waals surface area (Å²) in [5.74, 6) is 0. The van der Waals surface area contributed by atoms with Crippen molar-refractivity contribution in [2.45, 2.75) is 103 Å². The molecule has 0 unspecified atom stereocenters.